The molecule has 0 saturated carbocycles. The molecule has 2 nitrogen and oxygen atoms in total. The summed E-state index contributed by atoms with van der Waals surface area (Å²) in [6, 6.07) is 4.61. The van der Waals surface area contributed by atoms with Crippen LogP contribution >= 0.6 is 38.6 Å². The van der Waals surface area contributed by atoms with Crippen LogP contribution in [0.25, 0.3) is 0 Å². The van der Waals surface area contributed by atoms with Crippen molar-refractivity contribution in [2.24, 2.45) is 0 Å². The van der Waals surface area contributed by atoms with Crippen LogP contribution in [0.2, 0.25) is 0 Å². The van der Waals surface area contributed by atoms with Crippen LogP contribution in [0, 0.1) is 0 Å². The maximum Gasteiger partial charge on any atom is 0.0795 e. The van der Waals surface area contributed by atoms with Crippen molar-refractivity contribution in [3.05, 3.63) is 37.4 Å². The number of thiazole rings is 1. The second kappa shape index (κ2) is 5.91. The Labute approximate surface area is 112 Å². The number of hydrogen-bond donors (Lipinski definition) is 1. The van der Waals surface area contributed by atoms with Crippen molar-refractivity contribution < 1.29 is 0 Å². The number of nitrogens with one attached hydrogen (secondary N) is 1. The molecule has 0 aliphatic rings. The highest BCUT2D eigenvalue weighted by Crippen LogP contribution is 2.26. The van der Waals surface area contributed by atoms with Gasteiger partial charge in [0.1, 0.15) is 0 Å². The standard InChI is InChI=1S/C11H13BrN2S2/c1-2-13-9(10-6-15-7-14-10)5-8-3-4-11(12)16-8/h3-4,6-7,9,13H,2,5H2,1H3. The molecule has 1 N–H and O–H groups in total. The SMILES string of the molecule is CCNC(Cc1ccc(Br)s1)c1cscn1. The lowest BCUT2D eigenvalue weighted by atomic mass is 10.1. The van der Waals surface area contributed by atoms with E-state index in [4.69, 9.17) is 0 Å². The van der Waals surface area contributed by atoms with Crippen molar-refractivity contribution in [1.82, 2.24) is 10.3 Å². The van der Waals surface area contributed by atoms with Crippen molar-refractivity contribution in [1.29, 1.82) is 0 Å². The fraction of sp³-hybridized carbons (Fsp3) is 0.364. The number of halogens is 1. The summed E-state index contributed by atoms with van der Waals surface area (Å²) in [7, 11) is 0. The van der Waals surface area contributed by atoms with E-state index in [0.29, 0.717) is 6.04 Å². The van der Waals surface area contributed by atoms with E-state index < -0.39 is 0 Å². The summed E-state index contributed by atoms with van der Waals surface area (Å²) in [5, 5.41) is 5.60. The molecule has 86 valence electrons. The van der Waals surface area contributed by atoms with Gasteiger partial charge < -0.3 is 5.32 Å². The minimum atomic E-state index is 0.335. The Hall–Kier alpha value is -0.230. The highest BCUT2D eigenvalue weighted by molar-refractivity contribution is 9.11. The molecule has 0 spiro atoms. The summed E-state index contributed by atoms with van der Waals surface area (Å²) >= 11 is 6.94. The number of thiophene rings is 1. The largest absolute Gasteiger partial charge is 0.309 e. The topological polar surface area (TPSA) is 24.9 Å². The minimum absolute atomic E-state index is 0.335. The Kier molecular flexibility index (Phi) is 4.52. The maximum absolute atomic E-state index is 4.39. The molecular weight excluding hydrogens is 304 g/mol. The van der Waals surface area contributed by atoms with Gasteiger partial charge in [0, 0.05) is 16.7 Å². The third-order valence-electron chi connectivity index (χ3n) is 2.29. The predicted molar refractivity (Wildman–Crippen MR) is 74.3 cm³/mol. The number of rotatable bonds is 5. The summed E-state index contributed by atoms with van der Waals surface area (Å²) in [5.41, 5.74) is 3.04. The lowest BCUT2D eigenvalue weighted by molar-refractivity contribution is 0.542. The molecule has 0 amide bonds. The third-order valence-corrected chi connectivity index (χ3v) is 4.54. The van der Waals surface area contributed by atoms with E-state index in [1.165, 1.54) is 8.66 Å². The molecule has 2 rings (SSSR count). The van der Waals surface area contributed by atoms with E-state index in [1.54, 1.807) is 22.7 Å². The van der Waals surface area contributed by atoms with Gasteiger partial charge >= 0.3 is 0 Å². The van der Waals surface area contributed by atoms with E-state index in [0.717, 1.165) is 18.7 Å². The molecule has 1 unspecified atom stereocenters. The van der Waals surface area contributed by atoms with Gasteiger partial charge in [0.05, 0.1) is 21.0 Å². The van der Waals surface area contributed by atoms with E-state index in [1.807, 2.05) is 5.51 Å². The van der Waals surface area contributed by atoms with Gasteiger partial charge in [-0.25, -0.2) is 4.98 Å². The Morgan fingerprint density at radius 3 is 2.94 bits per heavy atom. The van der Waals surface area contributed by atoms with E-state index in [-0.39, 0.29) is 0 Å². The first-order valence-corrected chi connectivity index (χ1v) is 7.70. The number of hydrogen-bond acceptors (Lipinski definition) is 4. The van der Waals surface area contributed by atoms with Gasteiger partial charge in [0.2, 0.25) is 0 Å². The molecule has 0 aliphatic heterocycles. The molecule has 0 saturated heterocycles. The zero-order chi connectivity index (χ0) is 11.4. The van der Waals surface area contributed by atoms with Crippen LogP contribution in [0.3, 0.4) is 0 Å². The van der Waals surface area contributed by atoms with E-state index in [9.17, 15) is 0 Å². The number of aromatic nitrogens is 1. The zero-order valence-corrected chi connectivity index (χ0v) is 12.2. The van der Waals surface area contributed by atoms with Gasteiger partial charge in [-0.05, 0) is 34.6 Å². The van der Waals surface area contributed by atoms with E-state index >= 15 is 0 Å². The van der Waals surface area contributed by atoms with E-state index in [2.05, 4.69) is 50.7 Å². The number of likely N-dealkylation sites (N-methyl/N-ethyl adjacent to an activating group) is 1. The highest BCUT2D eigenvalue weighted by atomic mass is 79.9. The maximum atomic E-state index is 4.39. The fourth-order valence-electron chi connectivity index (χ4n) is 1.58. The van der Waals surface area contributed by atoms with Gasteiger partial charge in [-0.3, -0.25) is 0 Å². The summed E-state index contributed by atoms with van der Waals surface area (Å²) < 4.78 is 1.19. The molecule has 5 heteroatoms. The van der Waals surface area contributed by atoms with Crippen molar-refractivity contribution in [2.75, 3.05) is 6.54 Å². The molecule has 1 atom stereocenters. The molecule has 16 heavy (non-hydrogen) atoms. The summed E-state index contributed by atoms with van der Waals surface area (Å²) in [6.07, 6.45) is 1.01. The highest BCUT2D eigenvalue weighted by Gasteiger charge is 2.13. The van der Waals surface area contributed by atoms with Crippen LogP contribution < -0.4 is 5.32 Å². The van der Waals surface area contributed by atoms with Gasteiger partial charge in [0.15, 0.2) is 0 Å². The molecule has 0 aromatic carbocycles. The van der Waals surface area contributed by atoms with Crippen LogP contribution in [0.15, 0.2) is 26.8 Å². The molecule has 2 heterocycles. The summed E-state index contributed by atoms with van der Waals surface area (Å²) in [6.45, 7) is 3.10. The monoisotopic (exact) mass is 316 g/mol. The van der Waals surface area contributed by atoms with Crippen molar-refractivity contribution >= 4 is 38.6 Å². The molecular formula is C11H13BrN2S2. The second-order valence-corrected chi connectivity index (χ2v) is 6.70. The first-order chi connectivity index (χ1) is 7.79. The Morgan fingerprint density at radius 2 is 2.38 bits per heavy atom. The van der Waals surface area contributed by atoms with Crippen LogP contribution in [0.4, 0.5) is 0 Å². The molecule has 0 bridgehead atoms. The molecule has 2 aromatic heterocycles. The lowest BCUT2D eigenvalue weighted by Gasteiger charge is -2.14. The normalized spacial score (nSPS) is 12.9. The molecule has 0 aliphatic carbocycles. The Bertz CT molecular complexity index is 425. The van der Waals surface area contributed by atoms with Crippen LogP contribution in [-0.2, 0) is 6.42 Å². The molecule has 0 fully saturated rings. The average molecular weight is 317 g/mol. The van der Waals surface area contributed by atoms with Crippen LogP contribution in [0.5, 0.6) is 0 Å². The predicted octanol–water partition coefficient (Wildman–Crippen LogP) is 3.86. The molecule has 0 radical (unpaired) electrons. The van der Waals surface area contributed by atoms with Gasteiger partial charge in [-0.2, -0.15) is 0 Å². The van der Waals surface area contributed by atoms with Gasteiger partial charge in [0.25, 0.3) is 0 Å². The number of nitrogens with zero attached hydrogens (tertiary/aromatic N) is 1. The quantitative estimate of drug-likeness (QED) is 0.906. The molecule has 2 aromatic rings. The zero-order valence-electron chi connectivity index (χ0n) is 8.94. The fourth-order valence-corrected chi connectivity index (χ4v) is 3.72. The minimum Gasteiger partial charge on any atom is -0.309 e. The van der Waals surface area contributed by atoms with Crippen molar-refractivity contribution in [3.8, 4) is 0 Å². The Morgan fingerprint density at radius 1 is 1.50 bits per heavy atom. The van der Waals surface area contributed by atoms with Crippen LogP contribution in [0.1, 0.15) is 23.5 Å². The first kappa shape index (κ1) is 12.2. The summed E-state index contributed by atoms with van der Waals surface area (Å²) in [4.78, 5) is 5.77. The van der Waals surface area contributed by atoms with Crippen LogP contribution in [-0.4, -0.2) is 11.5 Å². The summed E-state index contributed by atoms with van der Waals surface area (Å²) in [5.74, 6) is 0. The first-order valence-electron chi connectivity index (χ1n) is 5.15. The smallest absolute Gasteiger partial charge is 0.0795 e. The third kappa shape index (κ3) is 3.13. The Balaban J connectivity index is 2.09. The lowest BCUT2D eigenvalue weighted by Crippen LogP contribution is -2.22. The second-order valence-electron chi connectivity index (χ2n) is 3.43. The van der Waals surface area contributed by atoms with Crippen molar-refractivity contribution in [3.63, 3.8) is 0 Å². The average Bonchev–Trinajstić information content (AvgIpc) is 2.88. The van der Waals surface area contributed by atoms with Gasteiger partial charge in [-0.1, -0.05) is 6.92 Å². The van der Waals surface area contributed by atoms with Crippen molar-refractivity contribution in [2.45, 2.75) is 19.4 Å². The van der Waals surface area contributed by atoms with Gasteiger partial charge in [-0.15, -0.1) is 22.7 Å².